The summed E-state index contributed by atoms with van der Waals surface area (Å²) in [4.78, 5) is 36.2. The summed E-state index contributed by atoms with van der Waals surface area (Å²) in [5.74, 6) is -2.24. The Morgan fingerprint density at radius 1 is 1.20 bits per heavy atom. The maximum Gasteiger partial charge on any atom is 0.326 e. The third-order valence-corrected chi connectivity index (χ3v) is 6.23. The summed E-state index contributed by atoms with van der Waals surface area (Å²) >= 11 is 18.0. The first-order chi connectivity index (χ1) is 14.2. The van der Waals surface area contributed by atoms with Crippen molar-refractivity contribution in [2.75, 3.05) is 0 Å². The molecule has 1 aliphatic rings. The number of aliphatic carboxylic acids is 2. The number of carbonyl (C=O) groups excluding carboxylic acids is 1. The van der Waals surface area contributed by atoms with Gasteiger partial charge in [-0.05, 0) is 36.8 Å². The third kappa shape index (κ3) is 4.86. The third-order valence-electron chi connectivity index (χ3n) is 4.16. The number of nitrogens with zero attached hydrogens (tertiary/aromatic N) is 1. The minimum Gasteiger partial charge on any atom is -0.481 e. The van der Waals surface area contributed by atoms with Gasteiger partial charge >= 0.3 is 11.9 Å². The number of halogens is 2. The molecule has 0 spiro atoms. The largest absolute Gasteiger partial charge is 0.481 e. The van der Waals surface area contributed by atoms with Crippen molar-refractivity contribution in [1.82, 2.24) is 4.90 Å². The number of hydrogen-bond donors (Lipinski definition) is 2. The van der Waals surface area contributed by atoms with E-state index in [9.17, 15) is 19.5 Å². The molecule has 1 saturated heterocycles. The molecule has 2 aromatic rings. The monoisotopic (exact) mass is 485 g/mol. The Bertz CT molecular complexity index is 1080. The summed E-state index contributed by atoms with van der Waals surface area (Å²) in [5.41, 5.74) is 0.691. The van der Waals surface area contributed by atoms with Gasteiger partial charge in [0, 0.05) is 18.1 Å². The van der Waals surface area contributed by atoms with Crippen LogP contribution in [0.5, 0.6) is 0 Å². The Hall–Kier alpha value is -2.33. The summed E-state index contributed by atoms with van der Waals surface area (Å²) in [6.45, 7) is 0. The number of carboxylic acids is 2. The van der Waals surface area contributed by atoms with Crippen LogP contribution in [0.2, 0.25) is 10.0 Å². The molecule has 1 aliphatic heterocycles. The molecule has 1 atom stereocenters. The van der Waals surface area contributed by atoms with Crippen LogP contribution in [0, 0.1) is 0 Å². The Labute approximate surface area is 190 Å². The van der Waals surface area contributed by atoms with Gasteiger partial charge in [0.15, 0.2) is 0 Å². The number of rotatable bonds is 7. The Morgan fingerprint density at radius 3 is 2.57 bits per heavy atom. The summed E-state index contributed by atoms with van der Waals surface area (Å²) in [6, 6.07) is 6.99. The van der Waals surface area contributed by atoms with Gasteiger partial charge in [-0.15, -0.1) is 0 Å². The molecule has 2 heterocycles. The molecule has 1 amide bonds. The molecule has 0 radical (unpaired) electrons. The number of thiocarbonyl (C=S) groups is 1. The van der Waals surface area contributed by atoms with Crippen molar-refractivity contribution in [3.05, 3.63) is 51.0 Å². The molecule has 1 fully saturated rings. The van der Waals surface area contributed by atoms with E-state index >= 15 is 0 Å². The van der Waals surface area contributed by atoms with Gasteiger partial charge in [0.25, 0.3) is 5.91 Å². The molecule has 2 N–H and O–H groups in total. The molecule has 1 unspecified atom stereocenters. The van der Waals surface area contributed by atoms with Gasteiger partial charge in [-0.3, -0.25) is 14.5 Å². The fourth-order valence-corrected chi connectivity index (χ4v) is 4.37. The lowest BCUT2D eigenvalue weighted by atomic mass is 10.1. The van der Waals surface area contributed by atoms with Gasteiger partial charge in [-0.25, -0.2) is 4.79 Å². The number of furan rings is 1. The second-order valence-electron chi connectivity index (χ2n) is 6.17. The fraction of sp³-hybridized carbons (Fsp3) is 0.158. The topological polar surface area (TPSA) is 108 Å². The van der Waals surface area contributed by atoms with Crippen molar-refractivity contribution in [2.24, 2.45) is 0 Å². The van der Waals surface area contributed by atoms with Crippen LogP contribution in [0.25, 0.3) is 17.4 Å². The van der Waals surface area contributed by atoms with E-state index in [2.05, 4.69) is 0 Å². The SMILES string of the molecule is O=C(O)CCC(C(=O)O)N1C(=O)C(=Cc2ccc(-c3ccc(Cl)c(Cl)c3)o2)SC1=S. The van der Waals surface area contributed by atoms with Crippen LogP contribution in [0.4, 0.5) is 0 Å². The second-order valence-corrected chi connectivity index (χ2v) is 8.66. The minimum absolute atomic E-state index is 0.0419. The van der Waals surface area contributed by atoms with Crippen LogP contribution in [0.1, 0.15) is 18.6 Å². The van der Waals surface area contributed by atoms with Crippen LogP contribution in [0.3, 0.4) is 0 Å². The fourth-order valence-electron chi connectivity index (χ4n) is 2.74. The minimum atomic E-state index is -1.36. The second kappa shape index (κ2) is 9.22. The van der Waals surface area contributed by atoms with Gasteiger partial charge in [-0.1, -0.05) is 47.2 Å². The molecular weight excluding hydrogens is 473 g/mol. The lowest BCUT2D eigenvalue weighted by Crippen LogP contribution is -2.44. The summed E-state index contributed by atoms with van der Waals surface area (Å²) in [5, 5.41) is 19.0. The van der Waals surface area contributed by atoms with Crippen LogP contribution in [-0.2, 0) is 14.4 Å². The van der Waals surface area contributed by atoms with Crippen LogP contribution >= 0.6 is 47.2 Å². The Morgan fingerprint density at radius 2 is 1.93 bits per heavy atom. The average Bonchev–Trinajstić information content (AvgIpc) is 3.24. The predicted octanol–water partition coefficient (Wildman–Crippen LogP) is 4.77. The zero-order chi connectivity index (χ0) is 22.0. The lowest BCUT2D eigenvalue weighted by molar-refractivity contribution is -0.146. The zero-order valence-electron chi connectivity index (χ0n) is 15.0. The first-order valence-corrected chi connectivity index (χ1v) is 10.4. The molecule has 11 heteroatoms. The normalized spacial score (nSPS) is 16.3. The molecule has 0 bridgehead atoms. The molecule has 7 nitrogen and oxygen atoms in total. The highest BCUT2D eigenvalue weighted by molar-refractivity contribution is 8.26. The predicted molar refractivity (Wildman–Crippen MR) is 117 cm³/mol. The van der Waals surface area contributed by atoms with Crippen molar-refractivity contribution >= 4 is 75.4 Å². The van der Waals surface area contributed by atoms with Crippen molar-refractivity contribution in [3.8, 4) is 11.3 Å². The number of amides is 1. The van der Waals surface area contributed by atoms with Crippen molar-refractivity contribution in [1.29, 1.82) is 0 Å². The number of hydrogen-bond acceptors (Lipinski definition) is 6. The first kappa shape index (κ1) is 22.4. The molecule has 30 heavy (non-hydrogen) atoms. The zero-order valence-corrected chi connectivity index (χ0v) is 18.1. The highest BCUT2D eigenvalue weighted by Gasteiger charge is 2.40. The van der Waals surface area contributed by atoms with Gasteiger partial charge in [0.1, 0.15) is 21.9 Å². The highest BCUT2D eigenvalue weighted by atomic mass is 35.5. The summed E-state index contributed by atoms with van der Waals surface area (Å²) < 4.78 is 5.77. The standard InChI is InChI=1S/C19H13Cl2NO6S2/c20-11-3-1-9(7-12(11)21)14-5-2-10(28-14)8-15-17(25)22(19(29)30-15)13(18(26)27)4-6-16(23)24/h1-3,5,7-8,13H,4,6H2,(H,23,24)(H,26,27). The van der Waals surface area contributed by atoms with E-state index in [1.54, 1.807) is 30.3 Å². The maximum atomic E-state index is 12.7. The quantitative estimate of drug-likeness (QED) is 0.426. The lowest BCUT2D eigenvalue weighted by Gasteiger charge is -2.22. The van der Waals surface area contributed by atoms with E-state index < -0.39 is 30.3 Å². The van der Waals surface area contributed by atoms with E-state index in [-0.39, 0.29) is 15.6 Å². The number of carbonyl (C=O) groups is 3. The number of thioether (sulfide) groups is 1. The van der Waals surface area contributed by atoms with Crippen LogP contribution < -0.4 is 0 Å². The summed E-state index contributed by atoms with van der Waals surface area (Å²) in [7, 11) is 0. The Kier molecular flexibility index (Phi) is 6.87. The molecule has 0 saturated carbocycles. The van der Waals surface area contributed by atoms with Gasteiger partial charge in [0.2, 0.25) is 0 Å². The average molecular weight is 486 g/mol. The molecule has 1 aromatic heterocycles. The van der Waals surface area contributed by atoms with Gasteiger partial charge < -0.3 is 14.6 Å². The molecule has 156 valence electrons. The van der Waals surface area contributed by atoms with Crippen LogP contribution in [-0.4, -0.2) is 43.3 Å². The van der Waals surface area contributed by atoms with Crippen molar-refractivity contribution < 1.29 is 29.0 Å². The van der Waals surface area contributed by atoms with Gasteiger partial charge in [-0.2, -0.15) is 0 Å². The van der Waals surface area contributed by atoms with Gasteiger partial charge in [0.05, 0.1) is 15.0 Å². The summed E-state index contributed by atoms with van der Waals surface area (Å²) in [6.07, 6.45) is 0.793. The van der Waals surface area contributed by atoms with E-state index in [1.807, 2.05) is 0 Å². The van der Waals surface area contributed by atoms with E-state index in [4.69, 9.17) is 44.9 Å². The molecule has 0 aliphatic carbocycles. The van der Waals surface area contributed by atoms with E-state index in [1.165, 1.54) is 6.08 Å². The van der Waals surface area contributed by atoms with E-state index in [0.29, 0.717) is 27.1 Å². The highest BCUT2D eigenvalue weighted by Crippen LogP contribution is 2.36. The van der Waals surface area contributed by atoms with E-state index in [0.717, 1.165) is 16.7 Å². The molecular formula is C19H13Cl2NO6S2. The maximum absolute atomic E-state index is 12.7. The molecule has 3 rings (SSSR count). The Balaban J connectivity index is 1.83. The number of benzene rings is 1. The molecule has 1 aromatic carbocycles. The first-order valence-electron chi connectivity index (χ1n) is 8.44. The smallest absolute Gasteiger partial charge is 0.326 e. The number of carboxylic acid groups (broad SMARTS) is 2. The van der Waals surface area contributed by atoms with Crippen LogP contribution in [0.15, 0.2) is 39.7 Å². The van der Waals surface area contributed by atoms with Crippen molar-refractivity contribution in [3.63, 3.8) is 0 Å². The van der Waals surface area contributed by atoms with Crippen molar-refractivity contribution in [2.45, 2.75) is 18.9 Å².